The van der Waals surface area contributed by atoms with Crippen molar-refractivity contribution in [1.82, 2.24) is 10.3 Å². The van der Waals surface area contributed by atoms with Crippen molar-refractivity contribution in [3.8, 4) is 0 Å². The Kier molecular flexibility index (Phi) is 6.91. The first kappa shape index (κ1) is 18.9. The second kappa shape index (κ2) is 9.14. The zero-order valence-corrected chi connectivity index (χ0v) is 15.3. The molecule has 134 valence electrons. The number of nitrogens with zero attached hydrogens (tertiary/aromatic N) is 1. The van der Waals surface area contributed by atoms with Crippen LogP contribution in [0.15, 0.2) is 24.3 Å². The smallest absolute Gasteiger partial charge is 0.325 e. The number of benzene rings is 1. The van der Waals surface area contributed by atoms with Gasteiger partial charge < -0.3 is 15.4 Å². The molecule has 2 rings (SSSR count). The largest absolute Gasteiger partial charge is 0.385 e. The molecule has 3 N–H and O–H groups in total. The highest BCUT2D eigenvalue weighted by Gasteiger charge is 2.16. The molecule has 8 heteroatoms. The van der Waals surface area contributed by atoms with Crippen molar-refractivity contribution >= 4 is 34.1 Å². The van der Waals surface area contributed by atoms with E-state index in [0.717, 1.165) is 23.3 Å². The topological polar surface area (TPSA) is 92.4 Å². The number of nitrogens with one attached hydrogen (secondary N) is 3. The highest BCUT2D eigenvalue weighted by Crippen LogP contribution is 2.22. The number of anilines is 2. The molecule has 7 nitrogen and oxygen atoms in total. The fraction of sp³-hybridized carbons (Fsp3) is 0.353. The third kappa shape index (κ3) is 5.84. The van der Waals surface area contributed by atoms with Crippen LogP contribution in [-0.2, 0) is 4.74 Å². The minimum Gasteiger partial charge on any atom is -0.385 e. The monoisotopic (exact) mass is 362 g/mol. The van der Waals surface area contributed by atoms with Gasteiger partial charge in [0.15, 0.2) is 5.13 Å². The number of aromatic nitrogens is 1. The number of hydrogen-bond acceptors (Lipinski definition) is 5. The number of carbonyl (C=O) groups excluding carboxylic acids is 2. The zero-order chi connectivity index (χ0) is 18.2. The van der Waals surface area contributed by atoms with Gasteiger partial charge in [0.1, 0.15) is 4.88 Å². The second-order valence-corrected chi connectivity index (χ2v) is 6.48. The van der Waals surface area contributed by atoms with E-state index < -0.39 is 6.03 Å². The minimum absolute atomic E-state index is 0.196. The Morgan fingerprint density at radius 2 is 2.04 bits per heavy atom. The molecule has 0 aliphatic heterocycles. The van der Waals surface area contributed by atoms with Crippen LogP contribution in [0, 0.1) is 13.8 Å². The van der Waals surface area contributed by atoms with Crippen molar-refractivity contribution in [2.45, 2.75) is 20.3 Å². The normalized spacial score (nSPS) is 10.4. The molecule has 0 bridgehead atoms. The summed E-state index contributed by atoms with van der Waals surface area (Å²) in [5.74, 6) is -0.196. The molecule has 1 heterocycles. The third-order valence-corrected chi connectivity index (χ3v) is 4.38. The quantitative estimate of drug-likeness (QED) is 0.660. The number of thiazole rings is 1. The summed E-state index contributed by atoms with van der Waals surface area (Å²) in [4.78, 5) is 28.9. The van der Waals surface area contributed by atoms with Crippen LogP contribution in [0.1, 0.15) is 27.3 Å². The Morgan fingerprint density at radius 1 is 1.24 bits per heavy atom. The fourth-order valence-electron chi connectivity index (χ4n) is 2.14. The van der Waals surface area contributed by atoms with Gasteiger partial charge in [-0.05, 0) is 38.0 Å². The van der Waals surface area contributed by atoms with E-state index in [9.17, 15) is 9.59 Å². The Labute approximate surface area is 150 Å². The third-order valence-electron chi connectivity index (χ3n) is 3.31. The number of aryl methyl sites for hydroxylation is 2. The van der Waals surface area contributed by atoms with Crippen LogP contribution in [0.25, 0.3) is 0 Å². The van der Waals surface area contributed by atoms with Gasteiger partial charge in [-0.25, -0.2) is 9.78 Å². The SMILES string of the molecule is COCCCNC(=O)c1sc(NC(=O)Nc2cccc(C)c2)nc1C. The maximum absolute atomic E-state index is 12.1. The fourth-order valence-corrected chi connectivity index (χ4v) is 3.02. The second-order valence-electron chi connectivity index (χ2n) is 5.48. The van der Waals surface area contributed by atoms with Crippen molar-refractivity contribution in [2.24, 2.45) is 0 Å². The van der Waals surface area contributed by atoms with Gasteiger partial charge >= 0.3 is 6.03 Å². The molecule has 0 unspecified atom stereocenters. The summed E-state index contributed by atoms with van der Waals surface area (Å²) in [6, 6.07) is 7.09. The van der Waals surface area contributed by atoms with Crippen molar-refractivity contribution < 1.29 is 14.3 Å². The molecule has 0 fully saturated rings. The summed E-state index contributed by atoms with van der Waals surface area (Å²) in [5.41, 5.74) is 2.33. The number of ether oxygens (including phenoxy) is 1. The molecule has 0 atom stereocenters. The average molecular weight is 362 g/mol. The first-order valence-corrected chi connectivity index (χ1v) is 8.70. The maximum atomic E-state index is 12.1. The molecule has 25 heavy (non-hydrogen) atoms. The average Bonchev–Trinajstić information content (AvgIpc) is 2.91. The molecular formula is C17H22N4O3S. The summed E-state index contributed by atoms with van der Waals surface area (Å²) in [6.45, 7) is 4.81. The molecule has 1 aromatic heterocycles. The number of rotatable bonds is 7. The lowest BCUT2D eigenvalue weighted by molar-refractivity contribution is 0.0952. The number of hydrogen-bond donors (Lipinski definition) is 3. The van der Waals surface area contributed by atoms with Gasteiger partial charge in [0.05, 0.1) is 5.69 Å². The van der Waals surface area contributed by atoms with Crippen LogP contribution < -0.4 is 16.0 Å². The van der Waals surface area contributed by atoms with E-state index in [4.69, 9.17) is 4.74 Å². The van der Waals surface area contributed by atoms with Crippen LogP contribution in [0.4, 0.5) is 15.6 Å². The van der Waals surface area contributed by atoms with Crippen LogP contribution in [-0.4, -0.2) is 37.2 Å². The molecule has 0 spiro atoms. The molecule has 0 aliphatic carbocycles. The Bertz CT molecular complexity index is 745. The van der Waals surface area contributed by atoms with Gasteiger partial charge in [-0.1, -0.05) is 23.5 Å². The van der Waals surface area contributed by atoms with E-state index >= 15 is 0 Å². The molecule has 2 aromatic rings. The summed E-state index contributed by atoms with van der Waals surface area (Å²) in [5, 5.41) is 8.59. The molecule has 0 aliphatic rings. The van der Waals surface area contributed by atoms with Gasteiger partial charge in [0, 0.05) is 25.9 Å². The van der Waals surface area contributed by atoms with E-state index in [-0.39, 0.29) is 5.91 Å². The molecule has 0 saturated heterocycles. The van der Waals surface area contributed by atoms with Crippen LogP contribution in [0.2, 0.25) is 0 Å². The maximum Gasteiger partial charge on any atom is 0.325 e. The predicted molar refractivity (Wildman–Crippen MR) is 99.5 cm³/mol. The number of carbonyl (C=O) groups is 2. The van der Waals surface area contributed by atoms with E-state index in [0.29, 0.717) is 34.5 Å². The highest BCUT2D eigenvalue weighted by atomic mass is 32.1. The minimum atomic E-state index is -0.397. The van der Waals surface area contributed by atoms with E-state index in [1.54, 1.807) is 20.1 Å². The standard InChI is InChI=1S/C17H22N4O3S/c1-11-6-4-7-13(10-11)20-16(23)21-17-19-12(2)14(25-17)15(22)18-8-5-9-24-3/h4,6-7,10H,5,8-9H2,1-3H3,(H,18,22)(H2,19,20,21,23). The first-order chi connectivity index (χ1) is 12.0. The summed E-state index contributed by atoms with van der Waals surface area (Å²) >= 11 is 1.15. The van der Waals surface area contributed by atoms with Gasteiger partial charge in [-0.2, -0.15) is 0 Å². The van der Waals surface area contributed by atoms with E-state index in [1.807, 2.05) is 25.1 Å². The van der Waals surface area contributed by atoms with Gasteiger partial charge in [0.2, 0.25) is 0 Å². The lowest BCUT2D eigenvalue weighted by Gasteiger charge is -2.05. The van der Waals surface area contributed by atoms with Crippen LogP contribution >= 0.6 is 11.3 Å². The first-order valence-electron chi connectivity index (χ1n) is 7.89. The van der Waals surface area contributed by atoms with Crippen molar-refractivity contribution in [3.63, 3.8) is 0 Å². The van der Waals surface area contributed by atoms with Crippen molar-refractivity contribution in [3.05, 3.63) is 40.4 Å². The summed E-state index contributed by atoms with van der Waals surface area (Å²) < 4.78 is 4.94. The van der Waals surface area contributed by atoms with Gasteiger partial charge in [0.25, 0.3) is 5.91 Å². The number of methoxy groups -OCH3 is 1. The van der Waals surface area contributed by atoms with E-state index in [1.165, 1.54) is 0 Å². The number of amides is 3. The van der Waals surface area contributed by atoms with Crippen molar-refractivity contribution in [1.29, 1.82) is 0 Å². The predicted octanol–water partition coefficient (Wildman–Crippen LogP) is 3.17. The lowest BCUT2D eigenvalue weighted by atomic mass is 10.2. The van der Waals surface area contributed by atoms with Crippen molar-refractivity contribution in [2.75, 3.05) is 30.9 Å². The van der Waals surface area contributed by atoms with Gasteiger partial charge in [-0.3, -0.25) is 10.1 Å². The molecule has 0 saturated carbocycles. The summed E-state index contributed by atoms with van der Waals surface area (Å²) in [6.07, 6.45) is 0.740. The van der Waals surface area contributed by atoms with Gasteiger partial charge in [-0.15, -0.1) is 0 Å². The molecule has 3 amide bonds. The Morgan fingerprint density at radius 3 is 2.76 bits per heavy atom. The molecule has 0 radical (unpaired) electrons. The van der Waals surface area contributed by atoms with Crippen LogP contribution in [0.5, 0.6) is 0 Å². The molecule has 1 aromatic carbocycles. The highest BCUT2D eigenvalue weighted by molar-refractivity contribution is 7.17. The van der Waals surface area contributed by atoms with Crippen LogP contribution in [0.3, 0.4) is 0 Å². The van der Waals surface area contributed by atoms with E-state index in [2.05, 4.69) is 20.9 Å². The lowest BCUT2D eigenvalue weighted by Crippen LogP contribution is -2.25. The molecular weight excluding hydrogens is 340 g/mol. The Balaban J connectivity index is 1.92. The Hall–Kier alpha value is -2.45. The number of urea groups is 1. The zero-order valence-electron chi connectivity index (χ0n) is 14.5. The summed E-state index contributed by atoms with van der Waals surface area (Å²) in [7, 11) is 1.62.